The fourth-order valence-electron chi connectivity index (χ4n) is 5.56. The van der Waals surface area contributed by atoms with Gasteiger partial charge in [0.1, 0.15) is 5.39 Å². The summed E-state index contributed by atoms with van der Waals surface area (Å²) in [7, 11) is 1.77. The third-order valence-corrected chi connectivity index (χ3v) is 8.49. The Balaban J connectivity index is 1.33. The van der Waals surface area contributed by atoms with Crippen molar-refractivity contribution in [1.29, 1.82) is 0 Å². The van der Waals surface area contributed by atoms with Crippen LogP contribution in [0, 0.1) is 11.3 Å². The maximum atomic E-state index is 13.5. The number of ether oxygens (including phenoxy) is 1. The van der Waals surface area contributed by atoms with Crippen LogP contribution in [0.2, 0.25) is 5.02 Å². The summed E-state index contributed by atoms with van der Waals surface area (Å²) in [6.07, 6.45) is 6.96. The average Bonchev–Trinajstić information content (AvgIpc) is 3.50. The standard InChI is InChI=1S/C24H30ClN7O2/c1-13-20(26)24(12-34-13)6-9-32(10-7-24)23-28-21-17(22(33)31(23)2)19(29-30-21)15-5-8-27-16(18(15)25)11-14-3-4-14/h5,8,13-14,20H,3-4,6-7,9-12,26H2,1-2H3,(H,29,30)/t13-,20+/m0/s1. The molecule has 3 N–H and O–H groups in total. The lowest BCUT2D eigenvalue weighted by Crippen LogP contribution is -2.51. The Bertz CT molecular complexity index is 1310. The van der Waals surface area contributed by atoms with Gasteiger partial charge in [-0.05, 0) is 51.0 Å². The van der Waals surface area contributed by atoms with Gasteiger partial charge >= 0.3 is 0 Å². The largest absolute Gasteiger partial charge is 0.376 e. The molecule has 0 aromatic carbocycles. The molecule has 3 fully saturated rings. The Morgan fingerprint density at radius 3 is 2.76 bits per heavy atom. The first-order valence-electron chi connectivity index (χ1n) is 12.1. The molecule has 10 heteroatoms. The van der Waals surface area contributed by atoms with E-state index in [-0.39, 0.29) is 23.1 Å². The maximum Gasteiger partial charge on any atom is 0.266 e. The van der Waals surface area contributed by atoms with Crippen molar-refractivity contribution in [1.82, 2.24) is 24.7 Å². The maximum absolute atomic E-state index is 13.5. The molecule has 5 heterocycles. The van der Waals surface area contributed by atoms with Crippen molar-refractivity contribution in [2.45, 2.75) is 51.2 Å². The van der Waals surface area contributed by atoms with Crippen molar-refractivity contribution < 1.29 is 4.74 Å². The number of aromatic nitrogens is 5. The number of hydrogen-bond acceptors (Lipinski definition) is 7. The van der Waals surface area contributed by atoms with E-state index in [1.54, 1.807) is 17.8 Å². The van der Waals surface area contributed by atoms with Gasteiger partial charge in [-0.15, -0.1) is 0 Å². The van der Waals surface area contributed by atoms with E-state index in [1.165, 1.54) is 12.8 Å². The predicted octanol–water partition coefficient (Wildman–Crippen LogP) is 2.66. The molecular formula is C24H30ClN7O2. The second-order valence-corrected chi connectivity index (χ2v) is 10.6. The SMILES string of the molecule is C[C@@H]1OCC2(CCN(c3nc4n[nH]c(-c5ccnc(CC6CC6)c5Cl)c4c(=O)n3C)CC2)[C@@H]1N. The monoisotopic (exact) mass is 483 g/mol. The van der Waals surface area contributed by atoms with Crippen molar-refractivity contribution in [2.24, 2.45) is 24.1 Å². The minimum Gasteiger partial charge on any atom is -0.376 e. The van der Waals surface area contributed by atoms with E-state index >= 15 is 0 Å². The third kappa shape index (κ3) is 3.44. The van der Waals surface area contributed by atoms with Gasteiger partial charge in [0, 0.05) is 43.4 Å². The van der Waals surface area contributed by atoms with Gasteiger partial charge < -0.3 is 15.4 Å². The molecule has 6 rings (SSSR count). The topological polar surface area (TPSA) is 115 Å². The van der Waals surface area contributed by atoms with Crippen LogP contribution in [0.1, 0.15) is 38.3 Å². The first kappa shape index (κ1) is 22.0. The lowest BCUT2D eigenvalue weighted by Gasteiger charge is -2.41. The summed E-state index contributed by atoms with van der Waals surface area (Å²) in [6, 6.07) is 1.87. The number of nitrogens with two attached hydrogens (primary N) is 1. The Labute approximate surface area is 202 Å². The number of H-pyrrole nitrogens is 1. The van der Waals surface area contributed by atoms with Gasteiger partial charge in [-0.2, -0.15) is 10.1 Å². The Kier molecular flexibility index (Phi) is 5.20. The molecule has 3 aliphatic rings. The number of hydrogen-bond donors (Lipinski definition) is 2. The molecule has 3 aromatic heterocycles. The van der Waals surface area contributed by atoms with Crippen LogP contribution in [0.4, 0.5) is 5.95 Å². The molecule has 2 saturated heterocycles. The lowest BCUT2D eigenvalue weighted by atomic mass is 9.73. The second kappa shape index (κ2) is 8.03. The number of halogens is 1. The molecule has 34 heavy (non-hydrogen) atoms. The normalized spacial score (nSPS) is 24.4. The van der Waals surface area contributed by atoms with Gasteiger partial charge in [0.15, 0.2) is 5.65 Å². The van der Waals surface area contributed by atoms with Crippen LogP contribution >= 0.6 is 11.6 Å². The summed E-state index contributed by atoms with van der Waals surface area (Å²) in [5.74, 6) is 1.29. The minimum absolute atomic E-state index is 0.00859. The highest BCUT2D eigenvalue weighted by molar-refractivity contribution is 6.34. The molecule has 3 aromatic rings. The van der Waals surface area contributed by atoms with Crippen molar-refractivity contribution in [3.05, 3.63) is 33.3 Å². The quantitative estimate of drug-likeness (QED) is 0.586. The molecule has 1 aliphatic carbocycles. The molecule has 0 bridgehead atoms. The van der Waals surface area contributed by atoms with E-state index in [0.717, 1.165) is 43.6 Å². The minimum atomic E-state index is -0.143. The van der Waals surface area contributed by atoms with Crippen molar-refractivity contribution in [2.75, 3.05) is 24.6 Å². The summed E-state index contributed by atoms with van der Waals surface area (Å²) in [4.78, 5) is 24.9. The highest BCUT2D eigenvalue weighted by Crippen LogP contribution is 2.42. The molecule has 0 amide bonds. The van der Waals surface area contributed by atoms with Crippen LogP contribution in [0.5, 0.6) is 0 Å². The number of nitrogens with zero attached hydrogens (tertiary/aromatic N) is 5. The van der Waals surface area contributed by atoms with Gasteiger partial charge in [-0.1, -0.05) is 11.6 Å². The summed E-state index contributed by atoms with van der Waals surface area (Å²) >= 11 is 6.73. The Hall–Kier alpha value is -2.49. The molecule has 1 saturated carbocycles. The molecule has 9 nitrogen and oxygen atoms in total. The van der Waals surface area contributed by atoms with E-state index in [0.29, 0.717) is 40.2 Å². The third-order valence-electron chi connectivity index (χ3n) is 8.07. The first-order valence-corrected chi connectivity index (χ1v) is 12.5. The molecule has 1 spiro atoms. The molecule has 0 unspecified atom stereocenters. The zero-order valence-electron chi connectivity index (χ0n) is 19.6. The smallest absolute Gasteiger partial charge is 0.266 e. The highest BCUT2D eigenvalue weighted by Gasteiger charge is 2.47. The van der Waals surface area contributed by atoms with Crippen LogP contribution in [0.25, 0.3) is 22.3 Å². The number of aromatic amines is 1. The van der Waals surface area contributed by atoms with Gasteiger partial charge in [0.25, 0.3) is 5.56 Å². The summed E-state index contributed by atoms with van der Waals surface area (Å²) < 4.78 is 7.46. The fourth-order valence-corrected chi connectivity index (χ4v) is 5.85. The van der Waals surface area contributed by atoms with Gasteiger partial charge in [0.2, 0.25) is 5.95 Å². The van der Waals surface area contributed by atoms with Crippen molar-refractivity contribution >= 4 is 28.6 Å². The average molecular weight is 484 g/mol. The van der Waals surface area contributed by atoms with Crippen LogP contribution in [0.15, 0.2) is 17.1 Å². The molecule has 2 atom stereocenters. The van der Waals surface area contributed by atoms with Crippen LogP contribution < -0.4 is 16.2 Å². The Morgan fingerprint density at radius 1 is 1.32 bits per heavy atom. The van der Waals surface area contributed by atoms with Crippen LogP contribution in [-0.4, -0.2) is 56.6 Å². The Morgan fingerprint density at radius 2 is 2.09 bits per heavy atom. The second-order valence-electron chi connectivity index (χ2n) is 10.2. The van der Waals surface area contributed by atoms with Crippen LogP contribution in [-0.2, 0) is 18.2 Å². The number of fused-ring (bicyclic) bond motifs is 1. The molecule has 2 aliphatic heterocycles. The zero-order valence-corrected chi connectivity index (χ0v) is 20.3. The van der Waals surface area contributed by atoms with E-state index in [4.69, 9.17) is 27.1 Å². The summed E-state index contributed by atoms with van der Waals surface area (Å²) in [5.41, 5.74) is 8.95. The van der Waals surface area contributed by atoms with E-state index in [1.807, 2.05) is 13.0 Å². The number of rotatable bonds is 4. The fraction of sp³-hybridized carbons (Fsp3) is 0.583. The predicted molar refractivity (Wildman–Crippen MR) is 131 cm³/mol. The van der Waals surface area contributed by atoms with E-state index < -0.39 is 0 Å². The van der Waals surface area contributed by atoms with Crippen molar-refractivity contribution in [3.63, 3.8) is 0 Å². The lowest BCUT2D eigenvalue weighted by molar-refractivity contribution is 0.0973. The number of piperidine rings is 1. The number of nitrogens with one attached hydrogen (secondary N) is 1. The van der Waals surface area contributed by atoms with Gasteiger partial charge in [-0.3, -0.25) is 19.4 Å². The molecule has 0 radical (unpaired) electrons. The summed E-state index contributed by atoms with van der Waals surface area (Å²) in [5, 5.41) is 8.45. The van der Waals surface area contributed by atoms with Gasteiger partial charge in [-0.25, -0.2) is 0 Å². The van der Waals surface area contributed by atoms with Crippen LogP contribution in [0.3, 0.4) is 0 Å². The number of anilines is 1. The first-order chi connectivity index (χ1) is 16.4. The van der Waals surface area contributed by atoms with Crippen molar-refractivity contribution in [3.8, 4) is 11.3 Å². The summed E-state index contributed by atoms with van der Waals surface area (Å²) in [6.45, 7) is 4.29. The highest BCUT2D eigenvalue weighted by atomic mass is 35.5. The zero-order chi connectivity index (χ0) is 23.6. The van der Waals surface area contributed by atoms with Gasteiger partial charge in [0.05, 0.1) is 29.1 Å². The van der Waals surface area contributed by atoms with E-state index in [2.05, 4.69) is 20.1 Å². The molecular weight excluding hydrogens is 454 g/mol. The number of pyridine rings is 1. The van der Waals surface area contributed by atoms with E-state index in [9.17, 15) is 4.79 Å². The molecule has 180 valence electrons.